The molecular weight excluding hydrogens is 432 g/mol. The van der Waals surface area contributed by atoms with Crippen LogP contribution in [-0.4, -0.2) is 53.0 Å². The molecule has 1 amide bonds. The van der Waals surface area contributed by atoms with E-state index in [1.165, 1.54) is 0 Å². The molecule has 8 heteroatoms. The van der Waals surface area contributed by atoms with Crippen molar-refractivity contribution in [3.8, 4) is 10.4 Å². The van der Waals surface area contributed by atoms with E-state index in [0.717, 1.165) is 58.3 Å². The van der Waals surface area contributed by atoms with Gasteiger partial charge in [0.15, 0.2) is 0 Å². The lowest BCUT2D eigenvalue weighted by Crippen LogP contribution is -2.53. The number of nitrogens with one attached hydrogen (secondary N) is 1. The van der Waals surface area contributed by atoms with Gasteiger partial charge in [0.2, 0.25) is 11.9 Å². The molecule has 33 heavy (non-hydrogen) atoms. The molecule has 1 aliphatic rings. The molecule has 1 atom stereocenters. The summed E-state index contributed by atoms with van der Waals surface area (Å²) in [5.41, 5.74) is 8.04. The number of nitrogen functional groups attached to an aromatic ring is 1. The van der Waals surface area contributed by atoms with E-state index in [2.05, 4.69) is 43.3 Å². The maximum Gasteiger partial charge on any atom is 0.241 e. The third-order valence-corrected chi connectivity index (χ3v) is 7.11. The van der Waals surface area contributed by atoms with Crippen LogP contribution in [0.25, 0.3) is 20.7 Å². The molecular formula is C25H26N6OS. The number of carbonyl (C=O) groups excluding carboxylic acids is 1. The van der Waals surface area contributed by atoms with Crippen LogP contribution < -0.4 is 16.0 Å². The van der Waals surface area contributed by atoms with Crippen LogP contribution in [0.15, 0.2) is 66.7 Å². The van der Waals surface area contributed by atoms with Crippen molar-refractivity contribution in [1.29, 1.82) is 0 Å². The Morgan fingerprint density at radius 3 is 2.36 bits per heavy atom. The number of hydrogen-bond donors (Lipinski definition) is 2. The highest BCUT2D eigenvalue weighted by Gasteiger charge is 2.27. The highest BCUT2D eigenvalue weighted by atomic mass is 32.1. The minimum atomic E-state index is -0.214. The fraction of sp³-hybridized carbons (Fsp3) is 0.240. The normalized spacial score (nSPS) is 15.5. The predicted octanol–water partition coefficient (Wildman–Crippen LogP) is 4.09. The van der Waals surface area contributed by atoms with Crippen molar-refractivity contribution in [2.24, 2.45) is 0 Å². The number of hydrogen-bond acceptors (Lipinski definition) is 7. The van der Waals surface area contributed by atoms with Crippen molar-refractivity contribution in [2.45, 2.75) is 13.0 Å². The van der Waals surface area contributed by atoms with E-state index in [-0.39, 0.29) is 17.9 Å². The van der Waals surface area contributed by atoms with Crippen LogP contribution in [0.1, 0.15) is 6.92 Å². The molecule has 0 radical (unpaired) electrons. The van der Waals surface area contributed by atoms with Gasteiger partial charge in [0.1, 0.15) is 10.6 Å². The largest absolute Gasteiger partial charge is 0.368 e. The molecule has 2 aromatic heterocycles. The van der Waals surface area contributed by atoms with Crippen LogP contribution in [0.2, 0.25) is 0 Å². The lowest BCUT2D eigenvalue weighted by molar-refractivity contribution is -0.120. The van der Waals surface area contributed by atoms with Gasteiger partial charge in [0, 0.05) is 36.7 Å². The highest BCUT2D eigenvalue weighted by Crippen LogP contribution is 2.37. The van der Waals surface area contributed by atoms with Crippen molar-refractivity contribution in [1.82, 2.24) is 14.9 Å². The lowest BCUT2D eigenvalue weighted by atomic mass is 10.1. The molecule has 3 heterocycles. The number of para-hydroxylation sites is 1. The molecule has 1 fully saturated rings. The first-order chi connectivity index (χ1) is 16.1. The van der Waals surface area contributed by atoms with Crippen molar-refractivity contribution < 1.29 is 4.79 Å². The van der Waals surface area contributed by atoms with Crippen LogP contribution in [0.4, 0.5) is 17.5 Å². The van der Waals surface area contributed by atoms with Crippen LogP contribution in [0, 0.1) is 0 Å². The van der Waals surface area contributed by atoms with Crippen molar-refractivity contribution >= 4 is 44.9 Å². The Hall–Kier alpha value is -3.49. The number of benzene rings is 2. The average molecular weight is 459 g/mol. The van der Waals surface area contributed by atoms with Gasteiger partial charge in [-0.05, 0) is 30.7 Å². The number of anilines is 3. The van der Waals surface area contributed by atoms with E-state index >= 15 is 0 Å². The van der Waals surface area contributed by atoms with Crippen LogP contribution in [-0.2, 0) is 4.79 Å². The smallest absolute Gasteiger partial charge is 0.241 e. The van der Waals surface area contributed by atoms with E-state index in [4.69, 9.17) is 5.73 Å². The Bertz CT molecular complexity index is 1250. The van der Waals surface area contributed by atoms with Gasteiger partial charge >= 0.3 is 0 Å². The zero-order chi connectivity index (χ0) is 22.8. The molecule has 0 saturated carbocycles. The number of amides is 1. The quantitative estimate of drug-likeness (QED) is 0.468. The van der Waals surface area contributed by atoms with Crippen molar-refractivity contribution in [3.63, 3.8) is 0 Å². The summed E-state index contributed by atoms with van der Waals surface area (Å²) in [7, 11) is 0. The summed E-state index contributed by atoms with van der Waals surface area (Å²) in [6.45, 7) is 5.03. The van der Waals surface area contributed by atoms with Crippen LogP contribution in [0.5, 0.6) is 0 Å². The zero-order valence-electron chi connectivity index (χ0n) is 18.4. The number of thiophene rings is 1. The first-order valence-electron chi connectivity index (χ1n) is 11.1. The minimum absolute atomic E-state index is 0.00802. The third-order valence-electron chi connectivity index (χ3n) is 6.03. The minimum Gasteiger partial charge on any atom is -0.368 e. The molecule has 0 bridgehead atoms. The number of carbonyl (C=O) groups is 1. The van der Waals surface area contributed by atoms with E-state index in [1.54, 1.807) is 11.3 Å². The SMILES string of the molecule is CC(C(=O)Nc1ccccc1)N1CCN(c2nc(N)nc3sc(-c4ccccc4)cc23)CC1. The molecule has 0 aliphatic carbocycles. The second-order valence-corrected chi connectivity index (χ2v) is 9.19. The molecule has 3 N–H and O–H groups in total. The van der Waals surface area contributed by atoms with Gasteiger partial charge in [-0.3, -0.25) is 9.69 Å². The molecule has 1 aliphatic heterocycles. The molecule has 1 saturated heterocycles. The maximum atomic E-state index is 12.7. The first kappa shape index (κ1) is 21.4. The van der Waals surface area contributed by atoms with E-state index in [9.17, 15) is 4.79 Å². The van der Waals surface area contributed by atoms with Crippen molar-refractivity contribution in [3.05, 3.63) is 66.7 Å². The highest BCUT2D eigenvalue weighted by molar-refractivity contribution is 7.22. The van der Waals surface area contributed by atoms with Crippen LogP contribution >= 0.6 is 11.3 Å². The average Bonchev–Trinajstić information content (AvgIpc) is 3.28. The Balaban J connectivity index is 1.31. The summed E-state index contributed by atoms with van der Waals surface area (Å²) in [5, 5.41) is 4.03. The standard InChI is InChI=1S/C25H26N6OS/c1-17(23(32)27-19-10-6-3-7-11-19)30-12-14-31(15-13-30)22-20-16-21(18-8-4-2-5-9-18)33-24(20)29-25(26)28-22/h2-11,16-17H,12-15H2,1H3,(H,27,32)(H2,26,28,29). The fourth-order valence-corrected chi connectivity index (χ4v) is 5.20. The molecule has 0 spiro atoms. The van der Waals surface area contributed by atoms with E-state index in [1.807, 2.05) is 55.5 Å². The fourth-order valence-electron chi connectivity index (χ4n) is 4.16. The van der Waals surface area contributed by atoms with Gasteiger partial charge in [-0.15, -0.1) is 11.3 Å². The molecule has 5 rings (SSSR count). The number of rotatable bonds is 5. The predicted molar refractivity (Wildman–Crippen MR) is 136 cm³/mol. The van der Waals surface area contributed by atoms with E-state index < -0.39 is 0 Å². The monoisotopic (exact) mass is 458 g/mol. The number of fused-ring (bicyclic) bond motifs is 1. The third kappa shape index (κ3) is 4.53. The summed E-state index contributed by atoms with van der Waals surface area (Å²) in [5.74, 6) is 1.17. The molecule has 2 aromatic carbocycles. The number of nitrogens with zero attached hydrogens (tertiary/aromatic N) is 4. The first-order valence-corrected chi connectivity index (χ1v) is 11.9. The van der Waals surface area contributed by atoms with E-state index in [0.29, 0.717) is 0 Å². The molecule has 7 nitrogen and oxygen atoms in total. The second-order valence-electron chi connectivity index (χ2n) is 8.16. The van der Waals surface area contributed by atoms with Gasteiger partial charge < -0.3 is 16.0 Å². The Morgan fingerprint density at radius 1 is 1.00 bits per heavy atom. The van der Waals surface area contributed by atoms with Gasteiger partial charge in [-0.1, -0.05) is 48.5 Å². The second kappa shape index (κ2) is 9.17. The van der Waals surface area contributed by atoms with Gasteiger partial charge in [0.25, 0.3) is 0 Å². The van der Waals surface area contributed by atoms with Gasteiger partial charge in [-0.25, -0.2) is 4.98 Å². The van der Waals surface area contributed by atoms with Gasteiger partial charge in [0.05, 0.1) is 11.4 Å². The zero-order valence-corrected chi connectivity index (χ0v) is 19.3. The van der Waals surface area contributed by atoms with Crippen molar-refractivity contribution in [2.75, 3.05) is 42.1 Å². The molecule has 1 unspecified atom stereocenters. The number of piperazine rings is 1. The Morgan fingerprint density at radius 2 is 1.67 bits per heavy atom. The van der Waals surface area contributed by atoms with Gasteiger partial charge in [-0.2, -0.15) is 4.98 Å². The number of aromatic nitrogens is 2. The molecule has 168 valence electrons. The Labute approximate surface area is 196 Å². The number of nitrogens with two attached hydrogens (primary N) is 1. The lowest BCUT2D eigenvalue weighted by Gasteiger charge is -2.38. The summed E-state index contributed by atoms with van der Waals surface area (Å²) in [4.78, 5) is 28.3. The topological polar surface area (TPSA) is 87.4 Å². The summed E-state index contributed by atoms with van der Waals surface area (Å²) in [6, 6.07) is 21.8. The van der Waals surface area contributed by atoms with Crippen LogP contribution in [0.3, 0.4) is 0 Å². The summed E-state index contributed by atoms with van der Waals surface area (Å²) >= 11 is 1.63. The molecule has 4 aromatic rings. The maximum absolute atomic E-state index is 12.7. The Kier molecular flexibility index (Phi) is 5.93. The summed E-state index contributed by atoms with van der Waals surface area (Å²) < 4.78 is 0. The summed E-state index contributed by atoms with van der Waals surface area (Å²) in [6.07, 6.45) is 0.